The number of hydrogen-bond acceptors (Lipinski definition) is 5. The Bertz CT molecular complexity index is 1330. The Morgan fingerprint density at radius 2 is 1.66 bits per heavy atom. The molecule has 1 saturated heterocycles. The van der Waals surface area contributed by atoms with Gasteiger partial charge in [-0.2, -0.15) is 0 Å². The number of para-hydroxylation sites is 3. The lowest BCUT2D eigenvalue weighted by atomic mass is 9.96. The lowest BCUT2D eigenvalue weighted by molar-refractivity contribution is -0.384. The molecule has 2 heterocycles. The summed E-state index contributed by atoms with van der Waals surface area (Å²) in [4.78, 5) is 29.9. The number of ether oxygens (including phenoxy) is 1. The average Bonchev–Trinajstić information content (AvgIpc) is 3.25. The van der Waals surface area contributed by atoms with Crippen LogP contribution in [0.15, 0.2) is 78.9 Å². The number of nitro benzene ring substituents is 1. The first-order valence-electron chi connectivity index (χ1n) is 11.7. The molecular weight excluding hydrogens is 444 g/mol. The van der Waals surface area contributed by atoms with Crippen LogP contribution in [0, 0.1) is 16.0 Å². The number of amides is 1. The Labute approximate surface area is 202 Å². The molecule has 0 atom stereocenters. The van der Waals surface area contributed by atoms with E-state index in [4.69, 9.17) is 9.72 Å². The second-order valence-electron chi connectivity index (χ2n) is 8.77. The van der Waals surface area contributed by atoms with Crippen molar-refractivity contribution in [2.45, 2.75) is 26.0 Å². The third-order valence-electron chi connectivity index (χ3n) is 6.51. The molecule has 0 spiro atoms. The lowest BCUT2D eigenvalue weighted by Gasteiger charge is -2.32. The molecule has 35 heavy (non-hydrogen) atoms. The summed E-state index contributed by atoms with van der Waals surface area (Å²) in [6, 6.07) is 23.7. The molecule has 1 amide bonds. The number of piperidine rings is 1. The third kappa shape index (κ3) is 5.01. The van der Waals surface area contributed by atoms with Crippen LogP contribution in [0.25, 0.3) is 11.0 Å². The van der Waals surface area contributed by atoms with Gasteiger partial charge < -0.3 is 14.2 Å². The largest absolute Gasteiger partial charge is 0.486 e. The average molecular weight is 471 g/mol. The van der Waals surface area contributed by atoms with E-state index >= 15 is 0 Å². The molecule has 8 heteroatoms. The van der Waals surface area contributed by atoms with Gasteiger partial charge in [-0.05, 0) is 55.2 Å². The maximum atomic E-state index is 12.9. The predicted molar refractivity (Wildman–Crippen MR) is 132 cm³/mol. The van der Waals surface area contributed by atoms with Crippen LogP contribution in [0.2, 0.25) is 0 Å². The lowest BCUT2D eigenvalue weighted by Crippen LogP contribution is -2.39. The number of aromatic nitrogens is 2. The van der Waals surface area contributed by atoms with Gasteiger partial charge in [-0.15, -0.1) is 0 Å². The molecule has 178 valence electrons. The summed E-state index contributed by atoms with van der Waals surface area (Å²) in [5, 5.41) is 10.9. The van der Waals surface area contributed by atoms with Crippen molar-refractivity contribution in [3.63, 3.8) is 0 Å². The van der Waals surface area contributed by atoms with Gasteiger partial charge in [0.15, 0.2) is 0 Å². The number of carbonyl (C=O) groups is 1. The number of nitro groups is 1. The van der Waals surface area contributed by atoms with Gasteiger partial charge in [0.05, 0.1) is 16.0 Å². The van der Waals surface area contributed by atoms with E-state index in [1.165, 1.54) is 24.3 Å². The number of rotatable bonds is 7. The summed E-state index contributed by atoms with van der Waals surface area (Å²) in [5.74, 6) is 2.02. The Morgan fingerprint density at radius 3 is 2.37 bits per heavy atom. The van der Waals surface area contributed by atoms with Crippen molar-refractivity contribution < 1.29 is 14.5 Å². The van der Waals surface area contributed by atoms with Crippen LogP contribution in [0.5, 0.6) is 5.75 Å². The van der Waals surface area contributed by atoms with Crippen LogP contribution >= 0.6 is 0 Å². The van der Waals surface area contributed by atoms with Crippen LogP contribution in [-0.4, -0.2) is 38.4 Å². The smallest absolute Gasteiger partial charge is 0.269 e. The van der Waals surface area contributed by atoms with Crippen LogP contribution in [0.4, 0.5) is 5.69 Å². The number of fused-ring (bicyclic) bond motifs is 1. The van der Waals surface area contributed by atoms with Crippen LogP contribution in [0.3, 0.4) is 0 Å². The van der Waals surface area contributed by atoms with Gasteiger partial charge in [-0.1, -0.05) is 30.3 Å². The van der Waals surface area contributed by atoms with Crippen molar-refractivity contribution in [3.05, 3.63) is 100 Å². The predicted octanol–water partition coefficient (Wildman–Crippen LogP) is 5.08. The molecule has 0 radical (unpaired) electrons. The fourth-order valence-corrected chi connectivity index (χ4v) is 4.59. The Kier molecular flexibility index (Phi) is 6.43. The van der Waals surface area contributed by atoms with E-state index in [2.05, 4.69) is 10.6 Å². The van der Waals surface area contributed by atoms with Gasteiger partial charge in [0.2, 0.25) is 0 Å². The van der Waals surface area contributed by atoms with Gasteiger partial charge in [0, 0.05) is 37.3 Å². The molecule has 3 aromatic carbocycles. The summed E-state index contributed by atoms with van der Waals surface area (Å²) in [6.07, 6.45) is 1.76. The molecule has 1 aromatic heterocycles. The highest BCUT2D eigenvalue weighted by Crippen LogP contribution is 2.25. The number of non-ortho nitro benzene ring substituents is 1. The second kappa shape index (κ2) is 9.97. The molecule has 0 saturated carbocycles. The van der Waals surface area contributed by atoms with Gasteiger partial charge >= 0.3 is 0 Å². The summed E-state index contributed by atoms with van der Waals surface area (Å²) in [6.45, 7) is 2.51. The number of likely N-dealkylation sites (tertiary alicyclic amines) is 1. The molecular formula is C27H26N4O4. The molecule has 0 bridgehead atoms. The summed E-state index contributed by atoms with van der Waals surface area (Å²) in [7, 11) is 0. The zero-order valence-electron chi connectivity index (χ0n) is 19.2. The topological polar surface area (TPSA) is 90.5 Å². The molecule has 1 aliphatic heterocycles. The summed E-state index contributed by atoms with van der Waals surface area (Å²) < 4.78 is 8.24. The maximum absolute atomic E-state index is 12.9. The van der Waals surface area contributed by atoms with Gasteiger partial charge in [-0.25, -0.2) is 4.98 Å². The normalized spacial score (nSPS) is 14.2. The number of benzene rings is 3. The SMILES string of the molecule is O=C(c1ccc([N+](=O)[O-])cc1)N1CCC(Cn2c(COc3ccccc3)nc3ccccc32)CC1. The van der Waals surface area contributed by atoms with Gasteiger partial charge in [0.25, 0.3) is 11.6 Å². The fraction of sp³-hybridized carbons (Fsp3) is 0.259. The first kappa shape index (κ1) is 22.6. The Morgan fingerprint density at radius 1 is 0.971 bits per heavy atom. The monoisotopic (exact) mass is 470 g/mol. The van der Waals surface area contributed by atoms with Crippen molar-refractivity contribution in [2.75, 3.05) is 13.1 Å². The van der Waals surface area contributed by atoms with E-state index in [0.717, 1.165) is 42.0 Å². The van der Waals surface area contributed by atoms with Crippen molar-refractivity contribution >= 4 is 22.6 Å². The molecule has 0 aliphatic carbocycles. The highest BCUT2D eigenvalue weighted by molar-refractivity contribution is 5.94. The summed E-state index contributed by atoms with van der Waals surface area (Å²) in [5.41, 5.74) is 2.50. The van der Waals surface area contributed by atoms with Crippen molar-refractivity contribution in [3.8, 4) is 5.75 Å². The maximum Gasteiger partial charge on any atom is 0.269 e. The van der Waals surface area contributed by atoms with E-state index < -0.39 is 4.92 Å². The Balaban J connectivity index is 1.25. The van der Waals surface area contributed by atoms with Gasteiger partial charge in [-0.3, -0.25) is 14.9 Å². The fourth-order valence-electron chi connectivity index (χ4n) is 4.59. The standard InChI is InChI=1S/C27H26N4O4/c32-27(21-10-12-22(13-11-21)31(33)34)29-16-14-20(15-17-29)18-30-25-9-5-4-8-24(25)28-26(30)19-35-23-6-2-1-3-7-23/h1-13,20H,14-19H2. The zero-order chi connectivity index (χ0) is 24.2. The van der Waals surface area contributed by atoms with Crippen LogP contribution in [0.1, 0.15) is 29.0 Å². The van der Waals surface area contributed by atoms with Crippen LogP contribution < -0.4 is 4.74 Å². The highest BCUT2D eigenvalue weighted by Gasteiger charge is 2.25. The van der Waals surface area contributed by atoms with E-state index in [1.54, 1.807) is 0 Å². The second-order valence-corrected chi connectivity index (χ2v) is 8.77. The van der Waals surface area contributed by atoms with Crippen molar-refractivity contribution in [2.24, 2.45) is 5.92 Å². The molecule has 0 unspecified atom stereocenters. The first-order chi connectivity index (χ1) is 17.1. The molecule has 0 N–H and O–H groups in total. The van der Waals surface area contributed by atoms with E-state index in [9.17, 15) is 14.9 Å². The minimum Gasteiger partial charge on any atom is -0.486 e. The molecule has 4 aromatic rings. The minimum atomic E-state index is -0.460. The Hall–Kier alpha value is -4.20. The summed E-state index contributed by atoms with van der Waals surface area (Å²) >= 11 is 0. The first-order valence-corrected chi connectivity index (χ1v) is 11.7. The molecule has 8 nitrogen and oxygen atoms in total. The number of hydrogen-bond donors (Lipinski definition) is 0. The highest BCUT2D eigenvalue weighted by atomic mass is 16.6. The third-order valence-corrected chi connectivity index (χ3v) is 6.51. The quantitative estimate of drug-likeness (QED) is 0.278. The number of carbonyl (C=O) groups excluding carboxylic acids is 1. The van der Waals surface area contributed by atoms with E-state index in [1.807, 2.05) is 53.4 Å². The van der Waals surface area contributed by atoms with Crippen molar-refractivity contribution in [1.82, 2.24) is 14.5 Å². The zero-order valence-corrected chi connectivity index (χ0v) is 19.2. The molecule has 5 rings (SSSR count). The van der Waals surface area contributed by atoms with E-state index in [-0.39, 0.29) is 11.6 Å². The van der Waals surface area contributed by atoms with Crippen molar-refractivity contribution in [1.29, 1.82) is 0 Å². The molecule has 1 aliphatic rings. The molecule has 1 fully saturated rings. The number of nitrogens with zero attached hydrogens (tertiary/aromatic N) is 4. The van der Waals surface area contributed by atoms with Crippen LogP contribution in [-0.2, 0) is 13.2 Å². The van der Waals surface area contributed by atoms with Gasteiger partial charge in [0.1, 0.15) is 18.2 Å². The number of imidazole rings is 1. The minimum absolute atomic E-state index is 0.0140. The van der Waals surface area contributed by atoms with E-state index in [0.29, 0.717) is 31.2 Å².